The molecule has 172 valence electrons. The van der Waals surface area contributed by atoms with E-state index in [-0.39, 0.29) is 28.5 Å². The van der Waals surface area contributed by atoms with Crippen LogP contribution in [0, 0.1) is 24.2 Å². The number of carbonyl (C=O) groups is 2. The summed E-state index contributed by atoms with van der Waals surface area (Å²) in [6.45, 7) is 9.63. The molecule has 5 aliphatic rings. The number of carbonyl (C=O) groups excluding carboxylic acids is 2. The molecule has 0 saturated heterocycles. The van der Waals surface area contributed by atoms with Gasteiger partial charge in [-0.05, 0) is 88.2 Å². The van der Waals surface area contributed by atoms with Crippen molar-refractivity contribution < 1.29 is 14.3 Å². The first kappa shape index (κ1) is 20.5. The Morgan fingerprint density at radius 3 is 2.62 bits per heavy atom. The lowest BCUT2D eigenvalue weighted by Crippen LogP contribution is -2.77. The summed E-state index contributed by atoms with van der Waals surface area (Å²) in [5.74, 6) is 1.59. The van der Waals surface area contributed by atoms with Crippen LogP contribution in [0.15, 0.2) is 18.2 Å². The van der Waals surface area contributed by atoms with Crippen molar-refractivity contribution in [2.24, 2.45) is 17.3 Å². The van der Waals surface area contributed by atoms with E-state index in [1.54, 1.807) is 0 Å². The maximum Gasteiger partial charge on any atom is 0.408 e. The summed E-state index contributed by atoms with van der Waals surface area (Å²) >= 11 is 0. The molecule has 5 atom stereocenters. The molecular weight excluding hydrogens is 402 g/mol. The number of alkyl carbamates (subject to hydrolysis) is 1. The van der Waals surface area contributed by atoms with Gasteiger partial charge in [0.2, 0.25) is 5.91 Å². The molecule has 1 aromatic rings. The van der Waals surface area contributed by atoms with Gasteiger partial charge in [0.25, 0.3) is 0 Å². The molecule has 2 N–H and O–H groups in total. The highest BCUT2D eigenvalue weighted by Crippen LogP contribution is 2.83. The minimum Gasteiger partial charge on any atom is -0.444 e. The molecule has 1 aromatic carbocycles. The quantitative estimate of drug-likeness (QED) is 0.754. The number of ether oxygens (including phenoxy) is 1. The normalized spacial score (nSPS) is 37.9. The number of hydrogen-bond acceptors (Lipinski definition) is 4. The van der Waals surface area contributed by atoms with Gasteiger partial charge in [-0.15, -0.1) is 0 Å². The fourth-order valence-electron chi connectivity index (χ4n) is 8.25. The van der Waals surface area contributed by atoms with Gasteiger partial charge < -0.3 is 20.3 Å². The van der Waals surface area contributed by atoms with Crippen molar-refractivity contribution >= 4 is 12.0 Å². The smallest absolute Gasteiger partial charge is 0.408 e. The molecule has 6 rings (SSSR count). The topological polar surface area (TPSA) is 70.7 Å². The highest BCUT2D eigenvalue weighted by atomic mass is 16.6. The Hall–Kier alpha value is -2.08. The molecule has 4 aliphatic carbocycles. The second kappa shape index (κ2) is 6.28. The third-order valence-electron chi connectivity index (χ3n) is 9.20. The van der Waals surface area contributed by atoms with Gasteiger partial charge in [-0.3, -0.25) is 4.79 Å². The van der Waals surface area contributed by atoms with E-state index >= 15 is 0 Å². The van der Waals surface area contributed by atoms with Gasteiger partial charge in [-0.1, -0.05) is 23.8 Å². The molecule has 1 spiro atoms. The van der Waals surface area contributed by atoms with Gasteiger partial charge in [0.15, 0.2) is 0 Å². The Labute approximate surface area is 190 Å². The van der Waals surface area contributed by atoms with Crippen LogP contribution in [0.4, 0.5) is 4.79 Å². The zero-order chi connectivity index (χ0) is 22.5. The van der Waals surface area contributed by atoms with Crippen LogP contribution in [0.5, 0.6) is 0 Å². The van der Waals surface area contributed by atoms with Crippen molar-refractivity contribution in [1.82, 2.24) is 15.5 Å². The Morgan fingerprint density at radius 1 is 1.12 bits per heavy atom. The number of benzene rings is 1. The van der Waals surface area contributed by atoms with Gasteiger partial charge in [-0.25, -0.2) is 4.79 Å². The lowest BCUT2D eigenvalue weighted by Gasteiger charge is -2.73. The highest BCUT2D eigenvalue weighted by Gasteiger charge is 2.84. The first-order valence-electron chi connectivity index (χ1n) is 12.2. The molecule has 2 amide bonds. The van der Waals surface area contributed by atoms with Crippen molar-refractivity contribution in [1.29, 1.82) is 0 Å². The summed E-state index contributed by atoms with van der Waals surface area (Å²) in [6, 6.07) is 6.48. The van der Waals surface area contributed by atoms with Crippen molar-refractivity contribution in [3.63, 3.8) is 0 Å². The Morgan fingerprint density at radius 2 is 1.88 bits per heavy atom. The van der Waals surface area contributed by atoms with E-state index in [1.165, 1.54) is 23.1 Å². The van der Waals surface area contributed by atoms with Crippen LogP contribution in [0.1, 0.15) is 69.6 Å². The molecule has 0 aromatic heterocycles. The average molecular weight is 438 g/mol. The second-order valence-electron chi connectivity index (χ2n) is 12.3. The maximum atomic E-state index is 13.1. The van der Waals surface area contributed by atoms with E-state index < -0.39 is 5.60 Å². The third kappa shape index (κ3) is 2.74. The van der Waals surface area contributed by atoms with E-state index in [4.69, 9.17) is 4.74 Å². The molecule has 4 saturated carbocycles. The molecule has 4 fully saturated rings. The summed E-state index contributed by atoms with van der Waals surface area (Å²) in [4.78, 5) is 27.7. The number of amides is 2. The number of rotatable bonds is 4. The van der Waals surface area contributed by atoms with Crippen molar-refractivity contribution in [3.05, 3.63) is 34.9 Å². The fraction of sp³-hybridized carbons (Fsp3) is 0.692. The molecule has 1 heterocycles. The minimum atomic E-state index is -0.495. The van der Waals surface area contributed by atoms with E-state index in [2.05, 4.69) is 35.8 Å². The summed E-state index contributed by atoms with van der Waals surface area (Å²) < 4.78 is 5.59. The Kier molecular flexibility index (Phi) is 4.03. The molecule has 32 heavy (non-hydrogen) atoms. The monoisotopic (exact) mass is 437 g/mol. The van der Waals surface area contributed by atoms with Crippen LogP contribution < -0.4 is 10.6 Å². The van der Waals surface area contributed by atoms with Crippen molar-refractivity contribution in [3.8, 4) is 0 Å². The molecule has 2 bridgehead atoms. The molecule has 1 aliphatic heterocycles. The van der Waals surface area contributed by atoms with E-state index in [0.717, 1.165) is 31.6 Å². The Balaban J connectivity index is 1.13. The first-order chi connectivity index (χ1) is 15.0. The number of fused-ring (bicyclic) bond motifs is 2. The van der Waals surface area contributed by atoms with Gasteiger partial charge in [0.1, 0.15) is 5.60 Å². The predicted molar refractivity (Wildman–Crippen MR) is 121 cm³/mol. The van der Waals surface area contributed by atoms with Crippen molar-refractivity contribution in [2.45, 2.75) is 89.6 Å². The largest absolute Gasteiger partial charge is 0.444 e. The van der Waals surface area contributed by atoms with Crippen molar-refractivity contribution in [2.75, 3.05) is 6.54 Å². The predicted octanol–water partition coefficient (Wildman–Crippen LogP) is 3.65. The number of nitrogens with zero attached hydrogens (tertiary/aromatic N) is 1. The van der Waals surface area contributed by atoms with Gasteiger partial charge >= 0.3 is 6.09 Å². The fourth-order valence-corrected chi connectivity index (χ4v) is 8.25. The van der Waals surface area contributed by atoms with Gasteiger partial charge in [-0.2, -0.15) is 0 Å². The molecule has 5 unspecified atom stereocenters. The average Bonchev–Trinajstić information content (AvgIpc) is 3.28. The van der Waals surface area contributed by atoms with Crippen LogP contribution >= 0.6 is 0 Å². The molecule has 0 radical (unpaired) electrons. The number of hydrogen-bond donors (Lipinski definition) is 2. The summed E-state index contributed by atoms with van der Waals surface area (Å²) in [5.41, 5.74) is 3.37. The highest BCUT2D eigenvalue weighted by molar-refractivity contribution is 5.79. The van der Waals surface area contributed by atoms with Crippen LogP contribution in [-0.2, 0) is 22.6 Å². The minimum absolute atomic E-state index is 0.00727. The first-order valence-corrected chi connectivity index (χ1v) is 12.2. The zero-order valence-corrected chi connectivity index (χ0v) is 19.7. The van der Waals surface area contributed by atoms with Crippen LogP contribution in [0.3, 0.4) is 0 Å². The third-order valence-corrected chi connectivity index (χ3v) is 9.20. The number of nitrogens with one attached hydrogen (secondary N) is 2. The summed E-state index contributed by atoms with van der Waals surface area (Å²) in [6.07, 6.45) is 5.11. The second-order valence-corrected chi connectivity index (χ2v) is 12.3. The standard InChI is InChI=1S/C26H35N3O3/c1-16-5-6-17-12-29(13-18(17)7-16)21(30)11-27-25-10-20-8-19-9-24(14-25,15-26(19,20)25)28-22(31)32-23(2,3)4/h5-7,19-20,27H,8-15H2,1-4H3,(H,28,31). The van der Waals surface area contributed by atoms with Crippen LogP contribution in [-0.4, -0.2) is 40.1 Å². The summed E-state index contributed by atoms with van der Waals surface area (Å²) in [5, 5.41) is 7.04. The van der Waals surface area contributed by atoms with E-state index in [9.17, 15) is 9.59 Å². The number of aryl methyl sites for hydroxylation is 1. The molecule has 6 nitrogen and oxygen atoms in total. The molecular formula is C26H35N3O3. The Bertz CT molecular complexity index is 1020. The van der Waals surface area contributed by atoms with Gasteiger partial charge in [0, 0.05) is 24.2 Å². The lowest BCUT2D eigenvalue weighted by atomic mass is 9.35. The zero-order valence-electron chi connectivity index (χ0n) is 19.7. The van der Waals surface area contributed by atoms with Gasteiger partial charge in [0.05, 0.1) is 6.54 Å². The van der Waals surface area contributed by atoms with E-state index in [1.807, 2.05) is 25.7 Å². The lowest BCUT2D eigenvalue weighted by molar-refractivity contribution is -0.207. The SMILES string of the molecule is Cc1ccc2c(c1)CN(C(=O)CNC13CC4CC5CC(NC(=O)OC(C)(C)C)(C1)CC543)C2. The van der Waals surface area contributed by atoms with Crippen LogP contribution in [0.2, 0.25) is 0 Å². The van der Waals surface area contributed by atoms with E-state index in [0.29, 0.717) is 25.6 Å². The molecule has 6 heteroatoms. The summed E-state index contributed by atoms with van der Waals surface area (Å²) in [7, 11) is 0. The maximum absolute atomic E-state index is 13.1. The van der Waals surface area contributed by atoms with Crippen LogP contribution in [0.25, 0.3) is 0 Å².